The van der Waals surface area contributed by atoms with E-state index in [4.69, 9.17) is 0 Å². The first-order chi connectivity index (χ1) is 29.8. The fraction of sp³-hybridized carbons (Fsp3) is 0.125. The fourth-order valence-electron chi connectivity index (χ4n) is 10.3. The van der Waals surface area contributed by atoms with Gasteiger partial charge in [0, 0.05) is 27.1 Å². The smallest absolute Gasteiger partial charge is 0.308 e. The van der Waals surface area contributed by atoms with Crippen LogP contribution in [0.3, 0.4) is 0 Å². The molecular weight excluding hydrogens is 772 g/mol. The summed E-state index contributed by atoms with van der Waals surface area (Å²) >= 11 is 0. The van der Waals surface area contributed by atoms with Crippen molar-refractivity contribution in [3.8, 4) is 50.8 Å². The monoisotopic (exact) mass is 813 g/mol. The average Bonchev–Trinajstić information content (AvgIpc) is 3.74. The maximum atomic E-state index is 15.5. The van der Waals surface area contributed by atoms with Gasteiger partial charge in [0.1, 0.15) is 0 Å². The van der Waals surface area contributed by atoms with Gasteiger partial charge in [0.15, 0.2) is 0 Å². The third kappa shape index (κ3) is 6.10. The van der Waals surface area contributed by atoms with Gasteiger partial charge in [0.05, 0.1) is 50.6 Å². The summed E-state index contributed by atoms with van der Waals surface area (Å²) in [6.45, 7) is 12.6. The second-order valence-electron chi connectivity index (χ2n) is 16.8. The van der Waals surface area contributed by atoms with Gasteiger partial charge >= 0.3 is 6.18 Å². The molecule has 0 amide bonds. The SMILES string of the molecule is Cc1cc(C)c(-c2ccc3c4ccccc4n(-c4cc(C#N)cc(-n5c6ccccc6c6ccc(-c7c(C)cc(C)cc7C)cc65)c4-c4ccccc4C(F)(F)F)c3c2)c(C)c1. The van der Waals surface area contributed by atoms with Gasteiger partial charge < -0.3 is 9.13 Å². The maximum Gasteiger partial charge on any atom is 0.417 e. The van der Waals surface area contributed by atoms with Crippen LogP contribution >= 0.6 is 0 Å². The summed E-state index contributed by atoms with van der Waals surface area (Å²) in [6.07, 6.45) is -4.68. The van der Waals surface area contributed by atoms with Crippen molar-refractivity contribution in [2.75, 3.05) is 0 Å². The quantitative estimate of drug-likeness (QED) is 0.170. The first-order valence-electron chi connectivity index (χ1n) is 20.8. The van der Waals surface area contributed by atoms with Crippen molar-refractivity contribution in [2.45, 2.75) is 47.7 Å². The third-order valence-electron chi connectivity index (χ3n) is 12.5. The molecular formula is C56H42F3N3. The highest BCUT2D eigenvalue weighted by atomic mass is 19.4. The minimum absolute atomic E-state index is 0.0223. The third-order valence-corrected chi connectivity index (χ3v) is 12.5. The number of fused-ring (bicyclic) bond motifs is 6. The molecule has 10 aromatic rings. The highest BCUT2D eigenvalue weighted by molar-refractivity contribution is 6.13. The van der Waals surface area contributed by atoms with E-state index in [2.05, 4.69) is 130 Å². The molecule has 6 heteroatoms. The van der Waals surface area contributed by atoms with Gasteiger partial charge in [-0.1, -0.05) is 114 Å². The topological polar surface area (TPSA) is 33.6 Å². The molecule has 0 unspecified atom stereocenters. The van der Waals surface area contributed by atoms with Crippen LogP contribution in [0.25, 0.3) is 88.4 Å². The van der Waals surface area contributed by atoms with E-state index >= 15 is 13.2 Å². The lowest BCUT2D eigenvalue weighted by Gasteiger charge is -2.23. The van der Waals surface area contributed by atoms with Gasteiger partial charge in [-0.15, -0.1) is 0 Å². The summed E-state index contributed by atoms with van der Waals surface area (Å²) in [5, 5.41) is 14.7. The first kappa shape index (κ1) is 38.8. The molecule has 0 saturated heterocycles. The Hall–Kier alpha value is -7.36. The van der Waals surface area contributed by atoms with Crippen molar-refractivity contribution in [3.63, 3.8) is 0 Å². The second-order valence-corrected chi connectivity index (χ2v) is 16.8. The summed E-state index contributed by atoms with van der Waals surface area (Å²) < 4.78 is 50.5. The Morgan fingerprint density at radius 2 is 0.839 bits per heavy atom. The first-order valence-corrected chi connectivity index (χ1v) is 20.8. The molecule has 2 aromatic heterocycles. The lowest BCUT2D eigenvalue weighted by atomic mass is 9.92. The molecule has 0 N–H and O–H groups in total. The van der Waals surface area contributed by atoms with Crippen molar-refractivity contribution < 1.29 is 13.2 Å². The van der Waals surface area contributed by atoms with Crippen LogP contribution in [0.5, 0.6) is 0 Å². The molecule has 0 atom stereocenters. The highest BCUT2D eigenvalue weighted by Crippen LogP contribution is 2.47. The van der Waals surface area contributed by atoms with Gasteiger partial charge in [0.2, 0.25) is 0 Å². The van der Waals surface area contributed by atoms with Crippen molar-refractivity contribution >= 4 is 43.6 Å². The number of nitriles is 1. The summed E-state index contributed by atoms with van der Waals surface area (Å²) in [7, 11) is 0. The summed E-state index contributed by atoms with van der Waals surface area (Å²) in [6, 6.07) is 49.2. The number of rotatable bonds is 5. The van der Waals surface area contributed by atoms with Crippen molar-refractivity contribution in [2.24, 2.45) is 0 Å². The Bertz CT molecular complexity index is 3290. The maximum absolute atomic E-state index is 15.5. The second kappa shape index (κ2) is 14.4. The van der Waals surface area contributed by atoms with Crippen LogP contribution in [0.2, 0.25) is 0 Å². The van der Waals surface area contributed by atoms with Crippen LogP contribution in [-0.4, -0.2) is 9.13 Å². The van der Waals surface area contributed by atoms with Crippen LogP contribution in [-0.2, 0) is 6.18 Å². The molecule has 0 bridgehead atoms. The zero-order chi connectivity index (χ0) is 43.2. The minimum Gasteiger partial charge on any atom is -0.308 e. The molecule has 3 nitrogen and oxygen atoms in total. The molecule has 10 rings (SSSR count). The van der Waals surface area contributed by atoms with E-state index in [9.17, 15) is 5.26 Å². The number of alkyl halides is 3. The van der Waals surface area contributed by atoms with Crippen molar-refractivity contribution in [3.05, 3.63) is 190 Å². The van der Waals surface area contributed by atoms with Gasteiger partial charge in [-0.25, -0.2) is 0 Å². The van der Waals surface area contributed by atoms with Gasteiger partial charge in [-0.05, 0) is 134 Å². The van der Waals surface area contributed by atoms with Crippen LogP contribution in [0, 0.1) is 52.9 Å². The van der Waals surface area contributed by atoms with E-state index in [-0.39, 0.29) is 5.56 Å². The van der Waals surface area contributed by atoms with Crippen molar-refractivity contribution in [1.82, 2.24) is 9.13 Å². The number of para-hydroxylation sites is 2. The summed E-state index contributed by atoms with van der Waals surface area (Å²) in [5.41, 5.74) is 15.3. The zero-order valence-corrected chi connectivity index (χ0v) is 35.3. The molecule has 8 aromatic carbocycles. The average molecular weight is 814 g/mol. The molecule has 0 saturated carbocycles. The highest BCUT2D eigenvalue weighted by Gasteiger charge is 2.35. The number of benzene rings is 8. The normalized spacial score (nSPS) is 11.9. The summed E-state index contributed by atoms with van der Waals surface area (Å²) in [5.74, 6) is 0. The van der Waals surface area contributed by atoms with Crippen LogP contribution in [0.15, 0.2) is 146 Å². The molecule has 62 heavy (non-hydrogen) atoms. The van der Waals surface area contributed by atoms with E-state index in [1.165, 1.54) is 17.2 Å². The van der Waals surface area contributed by atoms with Crippen molar-refractivity contribution in [1.29, 1.82) is 5.26 Å². The fourth-order valence-corrected chi connectivity index (χ4v) is 10.3. The van der Waals surface area contributed by atoms with Crippen LogP contribution in [0.4, 0.5) is 13.2 Å². The molecule has 302 valence electrons. The molecule has 0 spiro atoms. The number of aryl methyl sites for hydroxylation is 6. The van der Waals surface area contributed by atoms with E-state index in [1.807, 2.05) is 36.4 Å². The number of aromatic nitrogens is 2. The number of halogens is 3. The predicted octanol–water partition coefficient (Wildman–Crippen LogP) is 15.6. The molecule has 2 heterocycles. The molecule has 0 fully saturated rings. The minimum atomic E-state index is -4.68. The summed E-state index contributed by atoms with van der Waals surface area (Å²) in [4.78, 5) is 0. The Kier molecular flexibility index (Phi) is 9.01. The Morgan fingerprint density at radius 1 is 0.435 bits per heavy atom. The Labute approximate surface area is 358 Å². The number of hydrogen-bond donors (Lipinski definition) is 0. The van der Waals surface area contributed by atoms with E-state index in [0.29, 0.717) is 22.5 Å². The lowest BCUT2D eigenvalue weighted by Crippen LogP contribution is -2.11. The number of nitrogens with zero attached hydrogens (tertiary/aromatic N) is 3. The Balaban J connectivity index is 1.39. The lowest BCUT2D eigenvalue weighted by molar-refractivity contribution is -0.137. The predicted molar refractivity (Wildman–Crippen MR) is 250 cm³/mol. The molecule has 0 aliphatic heterocycles. The molecule has 0 radical (unpaired) electrons. The standard InChI is InChI=1S/C56H42F3N3/c1-32-23-34(3)53(35(4)24-32)39-19-21-43-41-13-8-11-17-47(41)61(49(43)29-39)51-27-38(31-60)28-52(55(51)45-15-7-10-16-46(45)56(57,58)59)62-48-18-12-9-14-42(48)44-22-20-40(30-50(44)62)54-36(5)25-33(2)26-37(54)6/h7-30H,1-6H3. The van der Waals surface area contributed by atoms with Crippen LogP contribution < -0.4 is 0 Å². The van der Waals surface area contributed by atoms with Gasteiger partial charge in [0.25, 0.3) is 0 Å². The van der Waals surface area contributed by atoms with Gasteiger partial charge in [-0.3, -0.25) is 0 Å². The van der Waals surface area contributed by atoms with E-state index in [0.717, 1.165) is 94.2 Å². The Morgan fingerprint density at radius 3 is 1.27 bits per heavy atom. The molecule has 0 aliphatic carbocycles. The molecule has 0 aliphatic rings. The largest absolute Gasteiger partial charge is 0.417 e. The van der Waals surface area contributed by atoms with E-state index in [1.54, 1.807) is 24.3 Å². The van der Waals surface area contributed by atoms with E-state index < -0.39 is 11.7 Å². The van der Waals surface area contributed by atoms with Crippen LogP contribution in [0.1, 0.15) is 44.5 Å². The zero-order valence-electron chi connectivity index (χ0n) is 35.3. The van der Waals surface area contributed by atoms with Gasteiger partial charge in [-0.2, -0.15) is 18.4 Å². The number of hydrogen-bond acceptors (Lipinski definition) is 1.